The number of carbonyl (C=O) groups excluding carboxylic acids is 3. The largest absolute Gasteiger partial charge is 0.294 e. The van der Waals surface area contributed by atoms with Gasteiger partial charge in [-0.05, 0) is 0 Å². The lowest BCUT2D eigenvalue weighted by Crippen LogP contribution is -2.20. The number of ketones is 3. The van der Waals surface area contributed by atoms with Crippen LogP contribution in [0, 0.1) is 0 Å². The lowest BCUT2D eigenvalue weighted by Gasteiger charge is -2.16. The van der Waals surface area contributed by atoms with E-state index in [4.69, 9.17) is 0 Å². The smallest absolute Gasteiger partial charge is 0.194 e. The Kier molecular flexibility index (Phi) is 5.18. The maximum absolute atomic E-state index is 12.1. The summed E-state index contributed by atoms with van der Waals surface area (Å²) in [6, 6.07) is 23.2. The highest BCUT2D eigenvalue weighted by molar-refractivity contribution is 6.28. The van der Waals surface area contributed by atoms with Gasteiger partial charge in [0.05, 0.1) is 0 Å². The van der Waals surface area contributed by atoms with E-state index in [0.29, 0.717) is 28.7 Å². The van der Waals surface area contributed by atoms with E-state index >= 15 is 0 Å². The number of carbonyl (C=O) groups is 3. The van der Waals surface area contributed by atoms with Gasteiger partial charge in [-0.25, -0.2) is 0 Å². The predicted octanol–water partition coefficient (Wildman–Crippen LogP) is 4.74. The second-order valence-electron chi connectivity index (χ2n) is 5.89. The minimum atomic E-state index is -0.0641. The Morgan fingerprint density at radius 2 is 0.962 bits per heavy atom. The Bertz CT molecular complexity index is 866. The summed E-state index contributed by atoms with van der Waals surface area (Å²) in [5.41, 5.74) is 2.83. The molecule has 0 spiro atoms. The first-order valence-electron chi connectivity index (χ1n) is 8.49. The first-order valence-corrected chi connectivity index (χ1v) is 8.49. The van der Waals surface area contributed by atoms with Gasteiger partial charge < -0.3 is 0 Å². The number of benzene rings is 3. The third kappa shape index (κ3) is 3.38. The van der Waals surface area contributed by atoms with Crippen molar-refractivity contribution in [3.05, 3.63) is 107 Å². The van der Waals surface area contributed by atoms with Crippen LogP contribution in [0.2, 0.25) is 0 Å². The van der Waals surface area contributed by atoms with E-state index in [9.17, 15) is 14.4 Å². The van der Waals surface area contributed by atoms with Crippen LogP contribution in [-0.4, -0.2) is 17.3 Å². The lowest BCUT2D eigenvalue weighted by molar-refractivity contribution is 0.0979. The molecule has 0 N–H and O–H groups in total. The van der Waals surface area contributed by atoms with Gasteiger partial charge >= 0.3 is 0 Å². The molecule has 3 aromatic carbocycles. The molecule has 26 heavy (non-hydrogen) atoms. The summed E-state index contributed by atoms with van der Waals surface area (Å²) in [5, 5.41) is 0. The Morgan fingerprint density at radius 3 is 1.31 bits per heavy atom. The molecule has 0 unspecified atom stereocenters. The summed E-state index contributed by atoms with van der Waals surface area (Å²) in [6.07, 6.45) is 0.587. The lowest BCUT2D eigenvalue weighted by atomic mass is 9.84. The molecule has 0 fully saturated rings. The molecule has 0 saturated carbocycles. The molecule has 3 nitrogen and oxygen atoms in total. The van der Waals surface area contributed by atoms with Crippen LogP contribution in [0.5, 0.6) is 0 Å². The van der Waals surface area contributed by atoms with E-state index in [-0.39, 0.29) is 17.3 Å². The Balaban J connectivity index is 0.000000170. The molecular weight excluding hydrogens is 324 g/mol. The summed E-state index contributed by atoms with van der Waals surface area (Å²) in [7, 11) is 0. The maximum atomic E-state index is 12.1. The van der Waals surface area contributed by atoms with Gasteiger partial charge in [-0.2, -0.15) is 0 Å². The van der Waals surface area contributed by atoms with Crippen molar-refractivity contribution in [2.75, 3.05) is 0 Å². The van der Waals surface area contributed by atoms with Gasteiger partial charge in [0, 0.05) is 34.2 Å². The second-order valence-corrected chi connectivity index (χ2v) is 5.89. The highest BCUT2D eigenvalue weighted by Crippen LogP contribution is 2.26. The zero-order valence-corrected chi connectivity index (χ0v) is 14.4. The predicted molar refractivity (Wildman–Crippen MR) is 101 cm³/mol. The molecule has 4 rings (SSSR count). The van der Waals surface area contributed by atoms with E-state index in [1.165, 1.54) is 0 Å². The topological polar surface area (TPSA) is 51.2 Å². The van der Waals surface area contributed by atoms with Crippen LogP contribution in [0.25, 0.3) is 0 Å². The van der Waals surface area contributed by atoms with Gasteiger partial charge in [0.15, 0.2) is 17.3 Å². The van der Waals surface area contributed by atoms with Crippen LogP contribution >= 0.6 is 0 Å². The zero-order valence-electron chi connectivity index (χ0n) is 14.4. The third-order valence-corrected chi connectivity index (χ3v) is 4.25. The van der Waals surface area contributed by atoms with Gasteiger partial charge in [0.25, 0.3) is 0 Å². The summed E-state index contributed by atoms with van der Waals surface area (Å²) in [5.74, 6) is 0.0807. The number of hydrogen-bond acceptors (Lipinski definition) is 3. The monoisotopic (exact) mass is 342 g/mol. The molecule has 0 atom stereocenters. The first-order chi connectivity index (χ1) is 12.6. The summed E-state index contributed by atoms with van der Waals surface area (Å²) < 4.78 is 0. The van der Waals surface area contributed by atoms with Crippen LogP contribution in [0.1, 0.15) is 55.5 Å². The Hall–Kier alpha value is -3.33. The van der Waals surface area contributed by atoms with Crippen LogP contribution in [0.15, 0.2) is 78.9 Å². The van der Waals surface area contributed by atoms with Crippen molar-refractivity contribution in [3.8, 4) is 0 Å². The molecule has 1 aliphatic carbocycles. The molecule has 0 aromatic heterocycles. The van der Waals surface area contributed by atoms with Crippen LogP contribution in [-0.2, 0) is 0 Å². The van der Waals surface area contributed by atoms with E-state index in [1.807, 2.05) is 37.3 Å². The third-order valence-electron chi connectivity index (χ3n) is 4.25. The summed E-state index contributed by atoms with van der Waals surface area (Å²) in [4.78, 5) is 35.2. The second kappa shape index (κ2) is 7.70. The minimum absolute atomic E-state index is 0.0641. The SMILES string of the molecule is CCC(=O)c1ccccc1.O=C1c2ccccc2C(=O)c2ccccc21. The first kappa shape index (κ1) is 17.5. The summed E-state index contributed by atoms with van der Waals surface area (Å²) in [6.45, 7) is 1.87. The number of rotatable bonds is 2. The van der Waals surface area contributed by atoms with Gasteiger partial charge in [0.1, 0.15) is 0 Å². The molecular formula is C23H18O3. The molecule has 3 aromatic rings. The van der Waals surface area contributed by atoms with Crippen molar-refractivity contribution >= 4 is 17.3 Å². The highest BCUT2D eigenvalue weighted by Gasteiger charge is 2.28. The molecule has 1 aliphatic rings. The fraction of sp³-hybridized carbons (Fsp3) is 0.0870. The molecule has 3 heteroatoms. The Labute approximate surface area is 152 Å². The van der Waals surface area contributed by atoms with Gasteiger partial charge in [0.2, 0.25) is 0 Å². The van der Waals surface area contributed by atoms with E-state index in [2.05, 4.69) is 0 Å². The quantitative estimate of drug-likeness (QED) is 0.494. The average molecular weight is 342 g/mol. The highest BCUT2D eigenvalue weighted by atomic mass is 16.1. The van der Waals surface area contributed by atoms with Gasteiger partial charge in [-0.1, -0.05) is 85.8 Å². The van der Waals surface area contributed by atoms with E-state index in [0.717, 1.165) is 5.56 Å². The molecule has 128 valence electrons. The van der Waals surface area contributed by atoms with Crippen molar-refractivity contribution in [2.45, 2.75) is 13.3 Å². The fourth-order valence-electron chi connectivity index (χ4n) is 2.88. The average Bonchev–Trinajstić information content (AvgIpc) is 2.72. The maximum Gasteiger partial charge on any atom is 0.194 e. The van der Waals surface area contributed by atoms with Crippen LogP contribution in [0.4, 0.5) is 0 Å². The fourth-order valence-corrected chi connectivity index (χ4v) is 2.88. The van der Waals surface area contributed by atoms with Crippen molar-refractivity contribution in [1.82, 2.24) is 0 Å². The van der Waals surface area contributed by atoms with Crippen molar-refractivity contribution in [3.63, 3.8) is 0 Å². The molecule has 0 heterocycles. The minimum Gasteiger partial charge on any atom is -0.294 e. The zero-order chi connectivity index (χ0) is 18.5. The molecule has 0 amide bonds. The Morgan fingerprint density at radius 1 is 0.615 bits per heavy atom. The van der Waals surface area contributed by atoms with E-state index < -0.39 is 0 Å². The van der Waals surface area contributed by atoms with Crippen LogP contribution < -0.4 is 0 Å². The van der Waals surface area contributed by atoms with E-state index in [1.54, 1.807) is 48.5 Å². The number of hydrogen-bond donors (Lipinski definition) is 0. The number of Topliss-reactive ketones (excluding diaryl/α,β-unsaturated/α-hetero) is 1. The normalized spacial score (nSPS) is 11.7. The van der Waals surface area contributed by atoms with Crippen molar-refractivity contribution < 1.29 is 14.4 Å². The van der Waals surface area contributed by atoms with Gasteiger partial charge in [-0.3, -0.25) is 14.4 Å². The molecule has 0 aliphatic heterocycles. The molecule has 0 saturated heterocycles. The number of fused-ring (bicyclic) bond motifs is 2. The van der Waals surface area contributed by atoms with Crippen LogP contribution in [0.3, 0.4) is 0 Å². The standard InChI is InChI=1S/C14H8O2.C9H10O/c15-13-9-5-1-2-6-10(9)14(16)12-8-4-3-7-11(12)13;1-2-9(10)8-6-4-3-5-7-8/h1-8H;3-7H,2H2,1H3. The van der Waals surface area contributed by atoms with Crippen molar-refractivity contribution in [2.24, 2.45) is 0 Å². The summed E-state index contributed by atoms with van der Waals surface area (Å²) >= 11 is 0. The molecule has 0 bridgehead atoms. The van der Waals surface area contributed by atoms with Crippen molar-refractivity contribution in [1.29, 1.82) is 0 Å². The molecule has 0 radical (unpaired) electrons. The van der Waals surface area contributed by atoms with Gasteiger partial charge in [-0.15, -0.1) is 0 Å².